The zero-order chi connectivity index (χ0) is 10.7. The van der Waals surface area contributed by atoms with Crippen LogP contribution in [-0.4, -0.2) is 13.2 Å². The lowest BCUT2D eigenvalue weighted by Crippen LogP contribution is -2.19. The first-order valence-corrected chi connectivity index (χ1v) is 5.47. The van der Waals surface area contributed by atoms with E-state index in [-0.39, 0.29) is 6.04 Å². The Morgan fingerprint density at radius 2 is 2.13 bits per heavy atom. The van der Waals surface area contributed by atoms with Gasteiger partial charge < -0.3 is 15.2 Å². The summed E-state index contributed by atoms with van der Waals surface area (Å²) in [7, 11) is 0. The average molecular weight is 207 g/mol. The minimum Gasteiger partial charge on any atom is -0.486 e. The van der Waals surface area contributed by atoms with E-state index in [1.54, 1.807) is 0 Å². The SMILES string of the molecule is CCC[C@H](N)c1cccc2c1OCCO2. The van der Waals surface area contributed by atoms with Crippen molar-refractivity contribution in [2.45, 2.75) is 25.8 Å². The van der Waals surface area contributed by atoms with Crippen LogP contribution in [0.3, 0.4) is 0 Å². The highest BCUT2D eigenvalue weighted by Gasteiger charge is 2.18. The highest BCUT2D eigenvalue weighted by molar-refractivity contribution is 5.48. The Morgan fingerprint density at radius 3 is 2.93 bits per heavy atom. The number of hydrogen-bond acceptors (Lipinski definition) is 3. The van der Waals surface area contributed by atoms with Gasteiger partial charge in [0, 0.05) is 11.6 Å². The van der Waals surface area contributed by atoms with E-state index in [4.69, 9.17) is 15.2 Å². The topological polar surface area (TPSA) is 44.5 Å². The third-order valence-corrected chi connectivity index (χ3v) is 2.60. The molecule has 0 aromatic heterocycles. The van der Waals surface area contributed by atoms with Gasteiger partial charge in [-0.2, -0.15) is 0 Å². The fraction of sp³-hybridized carbons (Fsp3) is 0.500. The number of rotatable bonds is 3. The monoisotopic (exact) mass is 207 g/mol. The number of para-hydroxylation sites is 1. The van der Waals surface area contributed by atoms with E-state index in [1.165, 1.54) is 0 Å². The summed E-state index contributed by atoms with van der Waals surface area (Å²) in [6.45, 7) is 3.37. The second-order valence-corrected chi connectivity index (χ2v) is 3.77. The standard InChI is InChI=1S/C12H17NO2/c1-2-4-10(13)9-5-3-6-11-12(9)15-8-7-14-11/h3,5-6,10H,2,4,7-8,13H2,1H3/t10-/m0/s1. The molecular weight excluding hydrogens is 190 g/mol. The number of hydrogen-bond donors (Lipinski definition) is 1. The molecule has 0 saturated carbocycles. The second kappa shape index (κ2) is 4.53. The van der Waals surface area contributed by atoms with E-state index < -0.39 is 0 Å². The average Bonchev–Trinajstić information content (AvgIpc) is 2.28. The van der Waals surface area contributed by atoms with E-state index in [1.807, 2.05) is 18.2 Å². The van der Waals surface area contributed by atoms with Gasteiger partial charge in [-0.25, -0.2) is 0 Å². The van der Waals surface area contributed by atoms with Gasteiger partial charge in [-0.15, -0.1) is 0 Å². The van der Waals surface area contributed by atoms with Crippen molar-refractivity contribution in [3.8, 4) is 11.5 Å². The first kappa shape index (κ1) is 10.3. The van der Waals surface area contributed by atoms with Crippen molar-refractivity contribution < 1.29 is 9.47 Å². The quantitative estimate of drug-likeness (QED) is 0.826. The maximum atomic E-state index is 6.09. The van der Waals surface area contributed by atoms with Crippen molar-refractivity contribution in [2.75, 3.05) is 13.2 Å². The Kier molecular flexibility index (Phi) is 3.11. The molecule has 1 aromatic carbocycles. The van der Waals surface area contributed by atoms with Crippen LogP contribution in [0.4, 0.5) is 0 Å². The molecule has 1 aliphatic heterocycles. The van der Waals surface area contributed by atoms with Crippen LogP contribution in [0.5, 0.6) is 11.5 Å². The van der Waals surface area contributed by atoms with E-state index in [0.717, 1.165) is 29.9 Å². The number of nitrogens with two attached hydrogens (primary N) is 1. The van der Waals surface area contributed by atoms with Crippen molar-refractivity contribution in [2.24, 2.45) is 5.73 Å². The van der Waals surface area contributed by atoms with Crippen LogP contribution in [0, 0.1) is 0 Å². The molecule has 3 nitrogen and oxygen atoms in total. The maximum Gasteiger partial charge on any atom is 0.166 e. The summed E-state index contributed by atoms with van der Waals surface area (Å²) in [6, 6.07) is 5.97. The van der Waals surface area contributed by atoms with Crippen molar-refractivity contribution >= 4 is 0 Å². The third kappa shape index (κ3) is 2.07. The summed E-state index contributed by atoms with van der Waals surface area (Å²) >= 11 is 0. The van der Waals surface area contributed by atoms with E-state index in [0.29, 0.717) is 13.2 Å². The lowest BCUT2D eigenvalue weighted by molar-refractivity contribution is 0.169. The highest BCUT2D eigenvalue weighted by Crippen LogP contribution is 2.37. The van der Waals surface area contributed by atoms with Crippen LogP contribution in [0.25, 0.3) is 0 Å². The molecule has 0 bridgehead atoms. The van der Waals surface area contributed by atoms with E-state index >= 15 is 0 Å². The van der Waals surface area contributed by atoms with Gasteiger partial charge in [0.15, 0.2) is 11.5 Å². The molecule has 0 fully saturated rings. The summed E-state index contributed by atoms with van der Waals surface area (Å²) in [4.78, 5) is 0. The molecule has 0 spiro atoms. The Hall–Kier alpha value is -1.22. The van der Waals surface area contributed by atoms with Gasteiger partial charge in [-0.3, -0.25) is 0 Å². The highest BCUT2D eigenvalue weighted by atomic mass is 16.6. The molecule has 15 heavy (non-hydrogen) atoms. The largest absolute Gasteiger partial charge is 0.486 e. The molecule has 0 radical (unpaired) electrons. The number of ether oxygens (including phenoxy) is 2. The number of benzene rings is 1. The van der Waals surface area contributed by atoms with E-state index in [9.17, 15) is 0 Å². The fourth-order valence-corrected chi connectivity index (χ4v) is 1.85. The summed E-state index contributed by atoms with van der Waals surface area (Å²) in [5, 5.41) is 0. The first-order valence-electron chi connectivity index (χ1n) is 5.47. The molecule has 2 N–H and O–H groups in total. The minimum absolute atomic E-state index is 0.0478. The fourth-order valence-electron chi connectivity index (χ4n) is 1.85. The predicted molar refractivity (Wildman–Crippen MR) is 59.3 cm³/mol. The lowest BCUT2D eigenvalue weighted by Gasteiger charge is -2.23. The molecule has 1 atom stereocenters. The first-order chi connectivity index (χ1) is 7.33. The van der Waals surface area contributed by atoms with Crippen LogP contribution < -0.4 is 15.2 Å². The molecule has 0 aliphatic carbocycles. The summed E-state index contributed by atoms with van der Waals surface area (Å²) in [6.07, 6.45) is 2.05. The zero-order valence-electron chi connectivity index (χ0n) is 9.03. The summed E-state index contributed by atoms with van der Waals surface area (Å²) in [5.74, 6) is 1.66. The van der Waals surface area contributed by atoms with Gasteiger partial charge in [-0.1, -0.05) is 25.5 Å². The molecule has 0 unspecified atom stereocenters. The van der Waals surface area contributed by atoms with Crippen LogP contribution in [0.1, 0.15) is 31.4 Å². The third-order valence-electron chi connectivity index (χ3n) is 2.60. The Morgan fingerprint density at radius 1 is 1.33 bits per heavy atom. The van der Waals surface area contributed by atoms with Gasteiger partial charge >= 0.3 is 0 Å². The summed E-state index contributed by atoms with van der Waals surface area (Å²) < 4.78 is 11.1. The molecule has 82 valence electrons. The van der Waals surface area contributed by atoms with E-state index in [2.05, 4.69) is 6.92 Å². The Labute approximate surface area is 90.2 Å². The van der Waals surface area contributed by atoms with Gasteiger partial charge in [0.25, 0.3) is 0 Å². The lowest BCUT2D eigenvalue weighted by atomic mass is 10.0. The van der Waals surface area contributed by atoms with Crippen molar-refractivity contribution in [3.05, 3.63) is 23.8 Å². The maximum absolute atomic E-state index is 6.09. The Balaban J connectivity index is 2.30. The van der Waals surface area contributed by atoms with Gasteiger partial charge in [-0.05, 0) is 12.5 Å². The summed E-state index contributed by atoms with van der Waals surface area (Å²) in [5.41, 5.74) is 7.16. The minimum atomic E-state index is 0.0478. The second-order valence-electron chi connectivity index (χ2n) is 3.77. The molecule has 3 heteroatoms. The molecule has 1 aliphatic rings. The van der Waals surface area contributed by atoms with Crippen LogP contribution in [0.2, 0.25) is 0 Å². The van der Waals surface area contributed by atoms with Crippen LogP contribution >= 0.6 is 0 Å². The number of fused-ring (bicyclic) bond motifs is 1. The van der Waals surface area contributed by atoms with Crippen molar-refractivity contribution in [3.63, 3.8) is 0 Å². The van der Waals surface area contributed by atoms with Crippen molar-refractivity contribution in [1.82, 2.24) is 0 Å². The molecule has 1 aromatic rings. The smallest absolute Gasteiger partial charge is 0.166 e. The van der Waals surface area contributed by atoms with Crippen LogP contribution in [-0.2, 0) is 0 Å². The van der Waals surface area contributed by atoms with Gasteiger partial charge in [0.1, 0.15) is 13.2 Å². The van der Waals surface area contributed by atoms with Crippen LogP contribution in [0.15, 0.2) is 18.2 Å². The van der Waals surface area contributed by atoms with Crippen molar-refractivity contribution in [1.29, 1.82) is 0 Å². The predicted octanol–water partition coefficient (Wildman–Crippen LogP) is 2.26. The molecule has 1 heterocycles. The van der Waals surface area contributed by atoms with Gasteiger partial charge in [0.05, 0.1) is 0 Å². The van der Waals surface area contributed by atoms with Gasteiger partial charge in [0.2, 0.25) is 0 Å². The zero-order valence-corrected chi connectivity index (χ0v) is 9.03. The molecule has 2 rings (SSSR count). The normalized spacial score (nSPS) is 16.1. The molecular formula is C12H17NO2. The molecule has 0 amide bonds. The molecule has 0 saturated heterocycles. The Bertz CT molecular complexity index is 338.